The van der Waals surface area contributed by atoms with Crippen LogP contribution in [0.5, 0.6) is 0 Å². The zero-order valence-electron chi connectivity index (χ0n) is 27.3. The van der Waals surface area contributed by atoms with Crippen molar-refractivity contribution < 1.29 is 24.3 Å². The molecule has 1 unspecified atom stereocenters. The number of aromatic nitrogens is 1. The highest BCUT2D eigenvalue weighted by Crippen LogP contribution is 2.40. The minimum absolute atomic E-state index is 0.121. The Balaban J connectivity index is 1.22. The molecule has 0 aliphatic heterocycles. The molecule has 2 N–H and O–H groups in total. The zero-order chi connectivity index (χ0) is 34.8. The smallest absolute Gasteiger partial charge is 0.360 e. The van der Waals surface area contributed by atoms with Crippen LogP contribution in [0.25, 0.3) is 0 Å². The van der Waals surface area contributed by atoms with Crippen LogP contribution in [0.1, 0.15) is 53.0 Å². The summed E-state index contributed by atoms with van der Waals surface area (Å²) < 4.78 is 5.89. The van der Waals surface area contributed by atoms with E-state index in [1.807, 2.05) is 152 Å². The molecule has 0 radical (unpaired) electrons. The number of nitrogens with zero attached hydrogens (tertiary/aromatic N) is 2. The lowest BCUT2D eigenvalue weighted by molar-refractivity contribution is -0.150. The van der Waals surface area contributed by atoms with Crippen molar-refractivity contribution in [1.29, 1.82) is 0 Å². The summed E-state index contributed by atoms with van der Waals surface area (Å²) in [6.45, 7) is 1.63. The average molecular weight is 682 g/mol. The van der Waals surface area contributed by atoms with Crippen molar-refractivity contribution >= 4 is 34.1 Å². The molecule has 0 aliphatic rings. The van der Waals surface area contributed by atoms with Crippen LogP contribution in [0.3, 0.4) is 0 Å². The monoisotopic (exact) mass is 681 g/mol. The van der Waals surface area contributed by atoms with Gasteiger partial charge in [-0.25, -0.2) is 9.78 Å². The summed E-state index contributed by atoms with van der Waals surface area (Å²) in [5.74, 6) is -1.83. The highest BCUT2D eigenvalue weighted by molar-refractivity contribution is 7.14. The van der Waals surface area contributed by atoms with Crippen LogP contribution in [-0.2, 0) is 24.7 Å². The second-order valence-corrected chi connectivity index (χ2v) is 12.4. The summed E-state index contributed by atoms with van der Waals surface area (Å²) >= 11 is 1.26. The third-order valence-electron chi connectivity index (χ3n) is 8.10. The quantitative estimate of drug-likeness (QED) is 0.0514. The normalized spacial score (nSPS) is 12.2. The van der Waals surface area contributed by atoms with Crippen LogP contribution in [-0.4, -0.2) is 33.8 Å². The highest BCUT2D eigenvalue weighted by atomic mass is 32.1. The fourth-order valence-corrected chi connectivity index (χ4v) is 6.51. The zero-order valence-corrected chi connectivity index (χ0v) is 28.1. The molecule has 1 aromatic heterocycles. The fourth-order valence-electron chi connectivity index (χ4n) is 5.76. The van der Waals surface area contributed by atoms with E-state index in [1.165, 1.54) is 11.3 Å². The molecule has 9 heteroatoms. The minimum atomic E-state index is -1.31. The Morgan fingerprint density at radius 3 is 1.62 bits per heavy atom. The number of oxime groups is 1. The number of nitrogens with one attached hydrogen (secondary N) is 1. The van der Waals surface area contributed by atoms with Gasteiger partial charge in [0.05, 0.1) is 6.42 Å². The van der Waals surface area contributed by atoms with Gasteiger partial charge in [0.2, 0.25) is 5.71 Å². The van der Waals surface area contributed by atoms with Gasteiger partial charge in [-0.3, -0.25) is 4.79 Å². The number of carboxylic acid groups (broad SMARTS) is 1. The van der Waals surface area contributed by atoms with Crippen molar-refractivity contribution in [2.45, 2.75) is 31.1 Å². The predicted molar refractivity (Wildman–Crippen MR) is 195 cm³/mol. The number of carboxylic acids is 1. The molecule has 6 rings (SSSR count). The molecule has 1 atom stereocenters. The maximum atomic E-state index is 13.1. The van der Waals surface area contributed by atoms with Crippen molar-refractivity contribution in [1.82, 2.24) is 4.98 Å². The molecular formula is C41H35N3O5S. The standard InChI is InChI=1S/C41H35N3O5S/c1-29(27-36(45)48-38(30-17-7-2-8-18-30)31-19-9-3-10-20-31)49-44-37(39(46)47)35-28-50-40(42-35)43-41(32-21-11-4-12-22-32,33-23-13-5-14-24-33)34-25-15-6-16-26-34/h2-26,28-29,38H,27H2,1H3,(H,42,43)(H,46,47)/b44-37-. The number of benzene rings is 5. The molecule has 0 bridgehead atoms. The Hall–Kier alpha value is -6.06. The second-order valence-electron chi connectivity index (χ2n) is 11.6. The van der Waals surface area contributed by atoms with Gasteiger partial charge in [-0.2, -0.15) is 0 Å². The van der Waals surface area contributed by atoms with Crippen molar-refractivity contribution in [3.63, 3.8) is 0 Å². The van der Waals surface area contributed by atoms with Crippen molar-refractivity contribution in [2.24, 2.45) is 5.16 Å². The first kappa shape index (κ1) is 33.8. The molecule has 5 aromatic carbocycles. The van der Waals surface area contributed by atoms with E-state index >= 15 is 0 Å². The number of rotatable bonds is 14. The van der Waals surface area contributed by atoms with E-state index in [0.717, 1.165) is 27.8 Å². The molecule has 0 saturated carbocycles. The molecule has 50 heavy (non-hydrogen) atoms. The van der Waals surface area contributed by atoms with E-state index in [4.69, 9.17) is 9.57 Å². The summed E-state index contributed by atoms with van der Waals surface area (Å²) in [5, 5.41) is 19.8. The summed E-state index contributed by atoms with van der Waals surface area (Å²) in [6.07, 6.45) is -1.53. The van der Waals surface area contributed by atoms with Gasteiger partial charge in [0.15, 0.2) is 11.2 Å². The molecule has 6 aromatic rings. The van der Waals surface area contributed by atoms with Gasteiger partial charge < -0.3 is 20.0 Å². The second kappa shape index (κ2) is 15.9. The number of aliphatic carboxylic acids is 1. The summed E-state index contributed by atoms with van der Waals surface area (Å²) in [7, 11) is 0. The number of thiazole rings is 1. The first-order chi connectivity index (χ1) is 24.4. The lowest BCUT2D eigenvalue weighted by Gasteiger charge is -2.36. The lowest BCUT2D eigenvalue weighted by atomic mass is 9.77. The number of carbonyl (C=O) groups is 2. The van der Waals surface area contributed by atoms with Crippen LogP contribution >= 0.6 is 11.3 Å². The Bertz CT molecular complexity index is 1890. The molecule has 1 heterocycles. The van der Waals surface area contributed by atoms with E-state index in [9.17, 15) is 14.7 Å². The van der Waals surface area contributed by atoms with Crippen LogP contribution in [0.15, 0.2) is 162 Å². The maximum absolute atomic E-state index is 13.1. The van der Waals surface area contributed by atoms with Gasteiger partial charge in [0, 0.05) is 5.38 Å². The maximum Gasteiger partial charge on any atom is 0.360 e. The van der Waals surface area contributed by atoms with E-state index < -0.39 is 29.7 Å². The summed E-state index contributed by atoms with van der Waals surface area (Å²) in [4.78, 5) is 35.7. The van der Waals surface area contributed by atoms with Gasteiger partial charge in [-0.05, 0) is 34.7 Å². The largest absolute Gasteiger partial charge is 0.476 e. The van der Waals surface area contributed by atoms with E-state index in [1.54, 1.807) is 12.3 Å². The third kappa shape index (κ3) is 7.80. The van der Waals surface area contributed by atoms with Gasteiger partial charge >= 0.3 is 11.9 Å². The predicted octanol–water partition coefficient (Wildman–Crippen LogP) is 8.46. The van der Waals surface area contributed by atoms with Gasteiger partial charge in [0.25, 0.3) is 0 Å². The lowest BCUT2D eigenvalue weighted by Crippen LogP contribution is -2.38. The molecule has 8 nitrogen and oxygen atoms in total. The average Bonchev–Trinajstić information content (AvgIpc) is 3.62. The Morgan fingerprint density at radius 2 is 1.18 bits per heavy atom. The van der Waals surface area contributed by atoms with Crippen LogP contribution in [0, 0.1) is 0 Å². The number of esters is 1. The minimum Gasteiger partial charge on any atom is -0.476 e. The van der Waals surface area contributed by atoms with Crippen LogP contribution < -0.4 is 5.32 Å². The Kier molecular flexibility index (Phi) is 10.8. The summed E-state index contributed by atoms with van der Waals surface area (Å²) in [5.41, 5.74) is 3.49. The molecule has 0 saturated heterocycles. The molecule has 0 amide bonds. The van der Waals surface area contributed by atoms with Gasteiger partial charge in [0.1, 0.15) is 17.3 Å². The number of hydrogen-bond acceptors (Lipinski definition) is 8. The highest BCUT2D eigenvalue weighted by Gasteiger charge is 2.37. The first-order valence-corrected chi connectivity index (χ1v) is 17.0. The molecule has 0 fully saturated rings. The van der Waals surface area contributed by atoms with Crippen LogP contribution in [0.2, 0.25) is 0 Å². The molecule has 250 valence electrons. The van der Waals surface area contributed by atoms with E-state index in [2.05, 4.69) is 15.5 Å². The van der Waals surface area contributed by atoms with Crippen molar-refractivity contribution in [2.75, 3.05) is 5.32 Å². The van der Waals surface area contributed by atoms with E-state index in [0.29, 0.717) is 5.13 Å². The number of ether oxygens (including phenoxy) is 1. The topological polar surface area (TPSA) is 110 Å². The number of hydrogen-bond donors (Lipinski definition) is 2. The van der Waals surface area contributed by atoms with Crippen molar-refractivity contribution in [3.8, 4) is 0 Å². The molecular weight excluding hydrogens is 647 g/mol. The SMILES string of the molecule is CC(CC(=O)OC(c1ccccc1)c1ccccc1)O/N=C(\C(=O)O)c1csc(NC(c2ccccc2)(c2ccccc2)c2ccccc2)n1. The fraction of sp³-hybridized carbons (Fsp3) is 0.122. The Labute approximate surface area is 294 Å². The van der Waals surface area contributed by atoms with Gasteiger partial charge in [-0.1, -0.05) is 157 Å². The Morgan fingerprint density at radius 1 is 0.740 bits per heavy atom. The molecule has 0 spiro atoms. The van der Waals surface area contributed by atoms with E-state index in [-0.39, 0.29) is 17.8 Å². The third-order valence-corrected chi connectivity index (χ3v) is 8.85. The summed E-state index contributed by atoms with van der Waals surface area (Å²) in [6, 6.07) is 49.0. The van der Waals surface area contributed by atoms with Crippen LogP contribution in [0.4, 0.5) is 5.13 Å². The molecule has 0 aliphatic carbocycles. The first-order valence-electron chi connectivity index (χ1n) is 16.1. The number of carbonyl (C=O) groups excluding carboxylic acids is 1. The number of anilines is 1. The van der Waals surface area contributed by atoms with Gasteiger partial charge in [-0.15, -0.1) is 11.3 Å². The van der Waals surface area contributed by atoms with Crippen molar-refractivity contribution in [3.05, 3.63) is 191 Å².